The largest absolute Gasteiger partial charge is 0.355 e. The Labute approximate surface area is 169 Å². The van der Waals surface area contributed by atoms with Crippen LogP contribution in [0.25, 0.3) is 44.7 Å². The number of nitrogens with zero attached hydrogens (tertiary/aromatic N) is 4. The Bertz CT molecular complexity index is 1300. The number of fused-ring (bicyclic) bond motifs is 1. The van der Waals surface area contributed by atoms with E-state index in [2.05, 4.69) is 25.8 Å². The number of nitrogens with one attached hydrogen (secondary N) is 1. The van der Waals surface area contributed by atoms with Crippen LogP contribution in [0.3, 0.4) is 0 Å². The second kappa shape index (κ2) is 6.74. The summed E-state index contributed by atoms with van der Waals surface area (Å²) < 4.78 is 5.65. The quantitative estimate of drug-likeness (QED) is 0.417. The number of tetrazole rings is 1. The standard InChI is InChI=1S/C20H11Cl2N5O/c21-14-5-6-15(17(22)10-14)11-2-1-3-12(8-11)19-16-9-13(20-23-26-27-24-20)4-7-18(16)25-28-19/h1-10H,(H,23,24,26,27). The van der Waals surface area contributed by atoms with E-state index in [0.29, 0.717) is 21.6 Å². The van der Waals surface area contributed by atoms with Gasteiger partial charge in [-0.1, -0.05) is 52.6 Å². The van der Waals surface area contributed by atoms with Crippen LogP contribution in [0.5, 0.6) is 0 Å². The van der Waals surface area contributed by atoms with E-state index in [1.165, 1.54) is 0 Å². The number of aromatic amines is 1. The van der Waals surface area contributed by atoms with E-state index < -0.39 is 0 Å². The molecule has 0 spiro atoms. The maximum absolute atomic E-state index is 6.37. The number of rotatable bonds is 3. The monoisotopic (exact) mass is 407 g/mol. The van der Waals surface area contributed by atoms with Gasteiger partial charge in [0.15, 0.2) is 11.6 Å². The lowest BCUT2D eigenvalue weighted by molar-refractivity contribution is 0.441. The van der Waals surface area contributed by atoms with Gasteiger partial charge in [0.2, 0.25) is 0 Å². The van der Waals surface area contributed by atoms with Crippen molar-refractivity contribution in [2.24, 2.45) is 0 Å². The van der Waals surface area contributed by atoms with Gasteiger partial charge in [-0.25, -0.2) is 5.10 Å². The number of benzene rings is 3. The van der Waals surface area contributed by atoms with Crippen LogP contribution < -0.4 is 0 Å². The molecule has 0 saturated heterocycles. The highest BCUT2D eigenvalue weighted by Crippen LogP contribution is 2.35. The van der Waals surface area contributed by atoms with Crippen LogP contribution in [0.15, 0.2) is 65.2 Å². The number of halogens is 2. The molecule has 0 fully saturated rings. The zero-order valence-corrected chi connectivity index (χ0v) is 15.7. The summed E-state index contributed by atoms with van der Waals surface area (Å²) in [6.07, 6.45) is 0. The molecule has 2 heterocycles. The zero-order valence-electron chi connectivity index (χ0n) is 14.2. The minimum atomic E-state index is 0.579. The lowest BCUT2D eigenvalue weighted by Crippen LogP contribution is -1.84. The van der Waals surface area contributed by atoms with Gasteiger partial charge in [-0.15, -0.1) is 5.10 Å². The van der Waals surface area contributed by atoms with Crippen LogP contribution in [0.4, 0.5) is 0 Å². The molecule has 0 aliphatic heterocycles. The van der Waals surface area contributed by atoms with Crippen LogP contribution in [0, 0.1) is 0 Å². The summed E-state index contributed by atoms with van der Waals surface area (Å²) in [5.41, 5.74) is 4.34. The van der Waals surface area contributed by atoms with E-state index in [9.17, 15) is 0 Å². The minimum Gasteiger partial charge on any atom is -0.355 e. The number of hydrogen-bond acceptors (Lipinski definition) is 5. The molecule has 0 atom stereocenters. The number of H-pyrrole nitrogens is 1. The lowest BCUT2D eigenvalue weighted by atomic mass is 10.00. The molecule has 0 saturated carbocycles. The Morgan fingerprint density at radius 2 is 1.75 bits per heavy atom. The second-order valence-corrected chi connectivity index (χ2v) is 7.04. The topological polar surface area (TPSA) is 80.5 Å². The van der Waals surface area contributed by atoms with E-state index in [1.807, 2.05) is 54.6 Å². The van der Waals surface area contributed by atoms with Crippen LogP contribution >= 0.6 is 23.2 Å². The molecular weight excluding hydrogens is 397 g/mol. The summed E-state index contributed by atoms with van der Waals surface area (Å²) in [5.74, 6) is 1.24. The molecule has 0 radical (unpaired) electrons. The van der Waals surface area contributed by atoms with E-state index >= 15 is 0 Å². The van der Waals surface area contributed by atoms with Gasteiger partial charge in [0.1, 0.15) is 5.52 Å². The maximum Gasteiger partial charge on any atom is 0.179 e. The predicted octanol–water partition coefficient (Wildman–Crippen LogP) is 5.65. The highest BCUT2D eigenvalue weighted by molar-refractivity contribution is 6.36. The molecule has 0 aliphatic carbocycles. The first-order valence-electron chi connectivity index (χ1n) is 8.38. The fourth-order valence-corrected chi connectivity index (χ4v) is 3.65. The molecular formula is C20H11Cl2N5O. The van der Waals surface area contributed by atoms with Crippen molar-refractivity contribution in [3.05, 3.63) is 70.7 Å². The lowest BCUT2D eigenvalue weighted by Gasteiger charge is -2.07. The smallest absolute Gasteiger partial charge is 0.179 e. The maximum atomic E-state index is 6.37. The number of hydrogen-bond donors (Lipinski definition) is 1. The van der Waals surface area contributed by atoms with Crippen molar-refractivity contribution in [3.8, 4) is 33.8 Å². The van der Waals surface area contributed by atoms with E-state index in [-0.39, 0.29) is 0 Å². The average Bonchev–Trinajstić information content (AvgIpc) is 3.37. The van der Waals surface area contributed by atoms with Crippen LogP contribution in [0.1, 0.15) is 0 Å². The molecule has 5 aromatic rings. The molecule has 3 aromatic carbocycles. The molecule has 0 aliphatic rings. The first kappa shape index (κ1) is 16.9. The van der Waals surface area contributed by atoms with E-state index in [4.69, 9.17) is 27.7 Å². The molecule has 5 rings (SSSR count). The molecule has 1 N–H and O–H groups in total. The third kappa shape index (κ3) is 2.93. The van der Waals surface area contributed by atoms with Gasteiger partial charge in [0.05, 0.1) is 5.39 Å². The fraction of sp³-hybridized carbons (Fsp3) is 0. The summed E-state index contributed by atoms with van der Waals surface area (Å²) in [5, 5.41) is 20.2. The minimum absolute atomic E-state index is 0.579. The van der Waals surface area contributed by atoms with Crippen molar-refractivity contribution in [1.29, 1.82) is 0 Å². The Morgan fingerprint density at radius 1 is 0.857 bits per heavy atom. The highest BCUT2D eigenvalue weighted by atomic mass is 35.5. The van der Waals surface area contributed by atoms with Gasteiger partial charge in [-0.05, 0) is 52.4 Å². The van der Waals surface area contributed by atoms with Crippen molar-refractivity contribution in [2.45, 2.75) is 0 Å². The molecule has 0 amide bonds. The van der Waals surface area contributed by atoms with Gasteiger partial charge >= 0.3 is 0 Å². The Balaban J connectivity index is 1.63. The van der Waals surface area contributed by atoms with Crippen LogP contribution in [-0.4, -0.2) is 25.8 Å². The summed E-state index contributed by atoms with van der Waals surface area (Å²) in [6.45, 7) is 0. The Morgan fingerprint density at radius 3 is 2.57 bits per heavy atom. The van der Waals surface area contributed by atoms with Crippen molar-refractivity contribution in [2.75, 3.05) is 0 Å². The normalized spacial score (nSPS) is 11.2. The summed E-state index contributed by atoms with van der Waals surface area (Å²) >= 11 is 12.4. The third-order valence-corrected chi connectivity index (χ3v) is 5.01. The molecule has 0 unspecified atom stereocenters. The van der Waals surface area contributed by atoms with Crippen molar-refractivity contribution in [1.82, 2.24) is 25.8 Å². The molecule has 0 bridgehead atoms. The molecule has 8 heteroatoms. The molecule has 28 heavy (non-hydrogen) atoms. The third-order valence-electron chi connectivity index (χ3n) is 4.46. The van der Waals surface area contributed by atoms with Gasteiger partial charge in [0, 0.05) is 26.7 Å². The van der Waals surface area contributed by atoms with Gasteiger partial charge in [-0.2, -0.15) is 0 Å². The molecule has 2 aromatic heterocycles. The van der Waals surface area contributed by atoms with Crippen molar-refractivity contribution >= 4 is 34.1 Å². The Kier molecular flexibility index (Phi) is 4.07. The van der Waals surface area contributed by atoms with Crippen LogP contribution in [0.2, 0.25) is 10.0 Å². The fourth-order valence-electron chi connectivity index (χ4n) is 3.13. The van der Waals surface area contributed by atoms with Gasteiger partial charge in [-0.3, -0.25) is 0 Å². The Hall–Kier alpha value is -3.22. The van der Waals surface area contributed by atoms with E-state index in [1.54, 1.807) is 6.07 Å². The van der Waals surface area contributed by atoms with Crippen LogP contribution in [-0.2, 0) is 0 Å². The van der Waals surface area contributed by atoms with Crippen molar-refractivity contribution < 1.29 is 4.52 Å². The number of aromatic nitrogens is 5. The van der Waals surface area contributed by atoms with E-state index in [0.717, 1.165) is 33.2 Å². The summed E-state index contributed by atoms with van der Waals surface area (Å²) in [7, 11) is 0. The predicted molar refractivity (Wildman–Crippen MR) is 108 cm³/mol. The second-order valence-electron chi connectivity index (χ2n) is 6.20. The summed E-state index contributed by atoms with van der Waals surface area (Å²) in [4.78, 5) is 0. The van der Waals surface area contributed by atoms with Gasteiger partial charge < -0.3 is 4.52 Å². The summed E-state index contributed by atoms with van der Waals surface area (Å²) in [6, 6.07) is 19.1. The van der Waals surface area contributed by atoms with Crippen molar-refractivity contribution in [3.63, 3.8) is 0 Å². The average molecular weight is 408 g/mol. The highest BCUT2D eigenvalue weighted by Gasteiger charge is 2.14. The van der Waals surface area contributed by atoms with Gasteiger partial charge in [0.25, 0.3) is 0 Å². The molecule has 136 valence electrons. The first-order chi connectivity index (χ1) is 13.7. The SMILES string of the molecule is Clc1ccc(-c2cccc(-c3onc4ccc(-c5nnn[nH]5)cc34)c2)c(Cl)c1. The first-order valence-corrected chi connectivity index (χ1v) is 9.14. The zero-order chi connectivity index (χ0) is 19.1. The molecule has 6 nitrogen and oxygen atoms in total.